The second-order valence-electron chi connectivity index (χ2n) is 6.93. The molecule has 2 rings (SSSR count). The van der Waals surface area contributed by atoms with Crippen LogP contribution in [0.3, 0.4) is 0 Å². The Bertz CT molecular complexity index is 984. The summed E-state index contributed by atoms with van der Waals surface area (Å²) < 4.78 is 54.6. The third-order valence-corrected chi connectivity index (χ3v) is 8.10. The normalized spacial score (nSPS) is 13.6. The molecular formula is C20H28N2O4S2. The van der Waals surface area contributed by atoms with Gasteiger partial charge in [0.15, 0.2) is 0 Å². The molecule has 0 fully saturated rings. The van der Waals surface area contributed by atoms with E-state index in [1.165, 1.54) is 4.31 Å². The molecular weight excluding hydrogens is 396 g/mol. The Morgan fingerprint density at radius 2 is 1.32 bits per heavy atom. The van der Waals surface area contributed by atoms with Crippen molar-refractivity contribution in [3.05, 3.63) is 59.7 Å². The van der Waals surface area contributed by atoms with Crippen molar-refractivity contribution < 1.29 is 16.8 Å². The minimum Gasteiger partial charge on any atom is -0.208 e. The van der Waals surface area contributed by atoms with Crippen molar-refractivity contribution in [3.8, 4) is 0 Å². The number of benzene rings is 2. The number of hydrogen-bond acceptors (Lipinski definition) is 4. The fraction of sp³-hybridized carbons (Fsp3) is 0.400. The topological polar surface area (TPSA) is 83.6 Å². The summed E-state index contributed by atoms with van der Waals surface area (Å²) in [4.78, 5) is 0.442. The number of aryl methyl sites for hydroxylation is 2. The van der Waals surface area contributed by atoms with Gasteiger partial charge in [-0.15, -0.1) is 0 Å². The number of nitrogens with one attached hydrogen (secondary N) is 1. The predicted molar refractivity (Wildman–Crippen MR) is 111 cm³/mol. The van der Waals surface area contributed by atoms with Gasteiger partial charge >= 0.3 is 0 Å². The molecule has 0 amide bonds. The van der Waals surface area contributed by atoms with Gasteiger partial charge in [-0.1, -0.05) is 42.3 Å². The lowest BCUT2D eigenvalue weighted by molar-refractivity contribution is 0.402. The quantitative estimate of drug-likeness (QED) is 0.671. The molecule has 0 aliphatic rings. The third-order valence-electron chi connectivity index (χ3n) is 4.51. The van der Waals surface area contributed by atoms with Crippen LogP contribution in [0.4, 0.5) is 0 Å². The molecule has 0 aromatic heterocycles. The fourth-order valence-electron chi connectivity index (χ4n) is 2.75. The van der Waals surface area contributed by atoms with Gasteiger partial charge < -0.3 is 0 Å². The van der Waals surface area contributed by atoms with Crippen LogP contribution in [0.5, 0.6) is 0 Å². The molecule has 0 aliphatic heterocycles. The van der Waals surface area contributed by atoms with Crippen LogP contribution in [-0.4, -0.2) is 40.3 Å². The highest BCUT2D eigenvalue weighted by molar-refractivity contribution is 7.89. The Balaban J connectivity index is 2.04. The first-order chi connectivity index (χ1) is 13.1. The maximum absolute atomic E-state index is 12.8. The van der Waals surface area contributed by atoms with Crippen LogP contribution in [0.1, 0.15) is 31.4 Å². The average Bonchev–Trinajstić information content (AvgIpc) is 2.62. The van der Waals surface area contributed by atoms with Crippen molar-refractivity contribution >= 4 is 20.0 Å². The summed E-state index contributed by atoms with van der Waals surface area (Å²) in [6.45, 7) is 7.83. The average molecular weight is 425 g/mol. The molecule has 8 heteroatoms. The Hall–Kier alpha value is -1.74. The number of hydrogen-bond donors (Lipinski definition) is 1. The fourth-order valence-corrected chi connectivity index (χ4v) is 5.50. The molecule has 0 saturated heterocycles. The van der Waals surface area contributed by atoms with Crippen molar-refractivity contribution in [2.45, 2.75) is 49.9 Å². The molecule has 154 valence electrons. The van der Waals surface area contributed by atoms with Crippen molar-refractivity contribution in [2.75, 3.05) is 13.1 Å². The minimum atomic E-state index is -3.64. The van der Waals surface area contributed by atoms with Gasteiger partial charge in [-0.3, -0.25) is 0 Å². The Kier molecular flexibility index (Phi) is 7.39. The van der Waals surface area contributed by atoms with Gasteiger partial charge in [-0.25, -0.2) is 21.6 Å². The van der Waals surface area contributed by atoms with Crippen molar-refractivity contribution in [3.63, 3.8) is 0 Å². The van der Waals surface area contributed by atoms with Crippen molar-refractivity contribution in [2.24, 2.45) is 0 Å². The molecule has 1 N–H and O–H groups in total. The van der Waals surface area contributed by atoms with Gasteiger partial charge in [0.25, 0.3) is 0 Å². The Morgan fingerprint density at radius 1 is 0.857 bits per heavy atom. The van der Waals surface area contributed by atoms with Crippen LogP contribution in [0.25, 0.3) is 0 Å². The molecule has 0 heterocycles. The molecule has 0 aliphatic carbocycles. The molecule has 0 radical (unpaired) electrons. The van der Waals surface area contributed by atoms with Gasteiger partial charge in [-0.05, 0) is 51.5 Å². The van der Waals surface area contributed by atoms with Crippen LogP contribution in [0, 0.1) is 13.8 Å². The molecule has 1 atom stereocenters. The van der Waals surface area contributed by atoms with E-state index in [1.807, 2.05) is 13.8 Å². The highest BCUT2D eigenvalue weighted by Crippen LogP contribution is 2.17. The predicted octanol–water partition coefficient (Wildman–Crippen LogP) is 3.07. The number of rotatable bonds is 9. The monoisotopic (exact) mass is 424 g/mol. The van der Waals surface area contributed by atoms with E-state index < -0.39 is 26.1 Å². The Labute approximate surface area is 168 Å². The van der Waals surface area contributed by atoms with Gasteiger partial charge in [0.05, 0.1) is 9.79 Å². The summed E-state index contributed by atoms with van der Waals surface area (Å²) in [5, 5.41) is 0. The molecule has 2 aromatic rings. The SMILES string of the molecule is CCN(CCC(C)NS(=O)(=O)c1ccc(C)cc1)S(=O)(=O)c1ccc(C)cc1. The first kappa shape index (κ1) is 22.5. The second kappa shape index (κ2) is 9.17. The van der Waals surface area contributed by atoms with Crippen LogP contribution in [0.2, 0.25) is 0 Å². The summed E-state index contributed by atoms with van der Waals surface area (Å²) in [6.07, 6.45) is 0.365. The van der Waals surface area contributed by atoms with E-state index in [4.69, 9.17) is 0 Å². The van der Waals surface area contributed by atoms with Crippen LogP contribution >= 0.6 is 0 Å². The molecule has 6 nitrogen and oxygen atoms in total. The van der Waals surface area contributed by atoms with E-state index in [0.717, 1.165) is 11.1 Å². The molecule has 1 unspecified atom stereocenters. The third kappa shape index (κ3) is 5.64. The molecule has 0 saturated carbocycles. The zero-order chi connectivity index (χ0) is 20.9. The van der Waals surface area contributed by atoms with E-state index in [9.17, 15) is 16.8 Å². The van der Waals surface area contributed by atoms with Crippen LogP contribution in [0.15, 0.2) is 58.3 Å². The van der Waals surface area contributed by atoms with E-state index in [2.05, 4.69) is 4.72 Å². The Morgan fingerprint density at radius 3 is 1.79 bits per heavy atom. The standard InChI is InChI=1S/C20H28N2O4S2/c1-5-22(28(25,26)20-12-8-17(3)9-13-20)15-14-18(4)21-27(23,24)19-10-6-16(2)7-11-19/h6-13,18,21H,5,14-15H2,1-4H3. The summed E-state index contributed by atoms with van der Waals surface area (Å²) in [7, 11) is -7.25. The molecule has 0 bridgehead atoms. The second-order valence-corrected chi connectivity index (χ2v) is 10.6. The van der Waals surface area contributed by atoms with E-state index in [-0.39, 0.29) is 16.3 Å². The molecule has 0 spiro atoms. The van der Waals surface area contributed by atoms with E-state index in [1.54, 1.807) is 62.4 Å². The summed E-state index contributed by atoms with van der Waals surface area (Å²) >= 11 is 0. The van der Waals surface area contributed by atoms with E-state index in [0.29, 0.717) is 13.0 Å². The lowest BCUT2D eigenvalue weighted by Crippen LogP contribution is -2.38. The zero-order valence-corrected chi connectivity index (χ0v) is 18.3. The minimum absolute atomic E-state index is 0.199. The van der Waals surface area contributed by atoms with Gasteiger partial charge in [-0.2, -0.15) is 4.31 Å². The van der Waals surface area contributed by atoms with Crippen LogP contribution in [-0.2, 0) is 20.0 Å². The lowest BCUT2D eigenvalue weighted by atomic mass is 10.2. The van der Waals surface area contributed by atoms with Crippen molar-refractivity contribution in [1.29, 1.82) is 0 Å². The maximum Gasteiger partial charge on any atom is 0.243 e. The summed E-state index contributed by atoms with van der Waals surface area (Å²) in [5.74, 6) is 0. The number of nitrogens with zero attached hydrogens (tertiary/aromatic N) is 1. The lowest BCUT2D eigenvalue weighted by Gasteiger charge is -2.23. The highest BCUT2D eigenvalue weighted by Gasteiger charge is 2.24. The first-order valence-corrected chi connectivity index (χ1v) is 12.1. The van der Waals surface area contributed by atoms with Gasteiger partial charge in [0.2, 0.25) is 20.0 Å². The molecule has 28 heavy (non-hydrogen) atoms. The van der Waals surface area contributed by atoms with E-state index >= 15 is 0 Å². The van der Waals surface area contributed by atoms with Gasteiger partial charge in [0.1, 0.15) is 0 Å². The molecule has 2 aromatic carbocycles. The van der Waals surface area contributed by atoms with Crippen molar-refractivity contribution in [1.82, 2.24) is 9.03 Å². The maximum atomic E-state index is 12.8. The smallest absolute Gasteiger partial charge is 0.208 e. The largest absolute Gasteiger partial charge is 0.243 e. The van der Waals surface area contributed by atoms with Crippen LogP contribution < -0.4 is 4.72 Å². The summed E-state index contributed by atoms with van der Waals surface area (Å²) in [5.41, 5.74) is 1.97. The number of sulfonamides is 2. The first-order valence-electron chi connectivity index (χ1n) is 9.22. The summed E-state index contributed by atoms with van der Waals surface area (Å²) in [6, 6.07) is 12.9. The highest BCUT2D eigenvalue weighted by atomic mass is 32.2. The van der Waals surface area contributed by atoms with Gasteiger partial charge in [0, 0.05) is 19.1 Å². The zero-order valence-electron chi connectivity index (χ0n) is 16.7.